The smallest absolute Gasteiger partial charge is 0.220 e. The SMILES string of the molecule is CC1CCC(CNC(=O)CCc2ccc(Cl)c(Cl)c2)CC1. The Morgan fingerprint density at radius 1 is 1.19 bits per heavy atom. The summed E-state index contributed by atoms with van der Waals surface area (Å²) in [5.74, 6) is 1.64. The van der Waals surface area contributed by atoms with E-state index in [4.69, 9.17) is 23.2 Å². The van der Waals surface area contributed by atoms with Crippen LogP contribution in [0, 0.1) is 11.8 Å². The molecule has 1 amide bonds. The first-order valence-electron chi connectivity index (χ1n) is 7.75. The van der Waals surface area contributed by atoms with Gasteiger partial charge in [0.15, 0.2) is 0 Å². The average molecular weight is 328 g/mol. The zero-order chi connectivity index (χ0) is 15.2. The summed E-state index contributed by atoms with van der Waals surface area (Å²) in [7, 11) is 0. The fourth-order valence-corrected chi connectivity index (χ4v) is 3.15. The number of hydrogen-bond donors (Lipinski definition) is 1. The first-order chi connectivity index (χ1) is 10.0. The number of carbonyl (C=O) groups excluding carboxylic acids is 1. The average Bonchev–Trinajstić information content (AvgIpc) is 2.48. The predicted octanol–water partition coefficient (Wildman–Crippen LogP) is 4.87. The fourth-order valence-electron chi connectivity index (χ4n) is 2.83. The summed E-state index contributed by atoms with van der Waals surface area (Å²) in [6.45, 7) is 3.14. The Kier molecular flexibility index (Phi) is 6.38. The van der Waals surface area contributed by atoms with Crippen molar-refractivity contribution in [2.45, 2.75) is 45.4 Å². The number of nitrogens with one attached hydrogen (secondary N) is 1. The second-order valence-electron chi connectivity index (χ2n) is 6.18. The predicted molar refractivity (Wildman–Crippen MR) is 88.9 cm³/mol. The van der Waals surface area contributed by atoms with Crippen LogP contribution >= 0.6 is 23.2 Å². The highest BCUT2D eigenvalue weighted by atomic mass is 35.5. The molecule has 21 heavy (non-hydrogen) atoms. The summed E-state index contributed by atoms with van der Waals surface area (Å²) < 4.78 is 0. The van der Waals surface area contributed by atoms with Gasteiger partial charge in [0.25, 0.3) is 0 Å². The molecule has 0 aromatic heterocycles. The number of rotatable bonds is 5. The van der Waals surface area contributed by atoms with Gasteiger partial charge in [-0.3, -0.25) is 4.79 Å². The quantitative estimate of drug-likeness (QED) is 0.821. The first-order valence-corrected chi connectivity index (χ1v) is 8.51. The molecule has 1 aliphatic rings. The van der Waals surface area contributed by atoms with Gasteiger partial charge >= 0.3 is 0 Å². The zero-order valence-electron chi connectivity index (χ0n) is 12.5. The van der Waals surface area contributed by atoms with Gasteiger partial charge in [0.05, 0.1) is 10.0 Å². The molecule has 1 fully saturated rings. The molecule has 2 rings (SSSR count). The first kappa shape index (κ1) is 16.6. The molecule has 0 saturated heterocycles. The van der Waals surface area contributed by atoms with Crippen LogP contribution in [0.5, 0.6) is 0 Å². The molecule has 0 atom stereocenters. The van der Waals surface area contributed by atoms with Crippen LogP contribution in [-0.2, 0) is 11.2 Å². The maximum Gasteiger partial charge on any atom is 0.220 e. The summed E-state index contributed by atoms with van der Waals surface area (Å²) in [5, 5.41) is 4.16. The largest absolute Gasteiger partial charge is 0.356 e. The highest BCUT2D eigenvalue weighted by molar-refractivity contribution is 6.42. The number of amides is 1. The van der Waals surface area contributed by atoms with Gasteiger partial charge in [-0.25, -0.2) is 0 Å². The molecule has 4 heteroatoms. The third kappa shape index (κ3) is 5.52. The van der Waals surface area contributed by atoms with Crippen LogP contribution in [0.25, 0.3) is 0 Å². The molecule has 1 saturated carbocycles. The van der Waals surface area contributed by atoms with Crippen molar-refractivity contribution in [1.82, 2.24) is 5.32 Å². The van der Waals surface area contributed by atoms with E-state index in [2.05, 4.69) is 12.2 Å². The second-order valence-corrected chi connectivity index (χ2v) is 6.99. The lowest BCUT2D eigenvalue weighted by Crippen LogP contribution is -2.31. The van der Waals surface area contributed by atoms with E-state index >= 15 is 0 Å². The zero-order valence-corrected chi connectivity index (χ0v) is 14.0. The van der Waals surface area contributed by atoms with Crippen LogP contribution in [0.3, 0.4) is 0 Å². The number of aryl methyl sites for hydroxylation is 1. The molecule has 1 aromatic rings. The van der Waals surface area contributed by atoms with Gasteiger partial charge in [-0.2, -0.15) is 0 Å². The molecule has 0 aliphatic heterocycles. The Hall–Kier alpha value is -0.730. The highest BCUT2D eigenvalue weighted by Gasteiger charge is 2.18. The van der Waals surface area contributed by atoms with E-state index in [0.29, 0.717) is 28.8 Å². The van der Waals surface area contributed by atoms with Crippen molar-refractivity contribution in [3.63, 3.8) is 0 Å². The highest BCUT2D eigenvalue weighted by Crippen LogP contribution is 2.27. The van der Waals surface area contributed by atoms with Gasteiger partial charge in [-0.15, -0.1) is 0 Å². The summed E-state index contributed by atoms with van der Waals surface area (Å²) in [5.41, 5.74) is 1.05. The van der Waals surface area contributed by atoms with Gasteiger partial charge in [-0.1, -0.05) is 49.0 Å². The van der Waals surface area contributed by atoms with Crippen molar-refractivity contribution < 1.29 is 4.79 Å². The third-order valence-electron chi connectivity index (χ3n) is 4.35. The van der Waals surface area contributed by atoms with Crippen LogP contribution in [-0.4, -0.2) is 12.5 Å². The number of hydrogen-bond acceptors (Lipinski definition) is 1. The molecule has 1 aromatic carbocycles. The molecule has 0 bridgehead atoms. The topological polar surface area (TPSA) is 29.1 Å². The van der Waals surface area contributed by atoms with Crippen LogP contribution in [0.4, 0.5) is 0 Å². The Morgan fingerprint density at radius 2 is 1.90 bits per heavy atom. The Bertz CT molecular complexity index is 482. The summed E-state index contributed by atoms with van der Waals surface area (Å²) in [4.78, 5) is 11.9. The van der Waals surface area contributed by atoms with E-state index in [0.717, 1.165) is 18.0 Å². The van der Waals surface area contributed by atoms with Gasteiger partial charge in [0, 0.05) is 13.0 Å². The summed E-state index contributed by atoms with van der Waals surface area (Å²) in [6.07, 6.45) is 6.28. The molecule has 0 radical (unpaired) electrons. The van der Waals surface area contributed by atoms with Crippen LogP contribution < -0.4 is 5.32 Å². The van der Waals surface area contributed by atoms with Gasteiger partial charge < -0.3 is 5.32 Å². The van der Waals surface area contributed by atoms with E-state index < -0.39 is 0 Å². The van der Waals surface area contributed by atoms with E-state index in [1.165, 1.54) is 25.7 Å². The lowest BCUT2D eigenvalue weighted by Gasteiger charge is -2.26. The minimum atomic E-state index is 0.125. The van der Waals surface area contributed by atoms with E-state index in [1.54, 1.807) is 6.07 Å². The summed E-state index contributed by atoms with van der Waals surface area (Å²) in [6, 6.07) is 5.53. The second kappa shape index (κ2) is 8.05. The monoisotopic (exact) mass is 327 g/mol. The van der Waals surface area contributed by atoms with Gasteiger partial charge in [0.2, 0.25) is 5.91 Å². The summed E-state index contributed by atoms with van der Waals surface area (Å²) >= 11 is 11.8. The number of benzene rings is 1. The van der Waals surface area contributed by atoms with E-state index in [1.807, 2.05) is 12.1 Å². The molecule has 0 spiro atoms. The molecule has 0 unspecified atom stereocenters. The van der Waals surface area contributed by atoms with Crippen molar-refractivity contribution in [2.24, 2.45) is 11.8 Å². The molecular formula is C17H23Cl2NO. The van der Waals surface area contributed by atoms with Crippen molar-refractivity contribution in [3.05, 3.63) is 33.8 Å². The lowest BCUT2D eigenvalue weighted by molar-refractivity contribution is -0.121. The normalized spacial score (nSPS) is 22.0. The van der Waals surface area contributed by atoms with Gasteiger partial charge in [-0.05, 0) is 48.8 Å². The molecule has 2 nitrogen and oxygen atoms in total. The minimum Gasteiger partial charge on any atom is -0.356 e. The van der Waals surface area contributed by atoms with E-state index in [9.17, 15) is 4.79 Å². The number of halogens is 2. The molecule has 116 valence electrons. The standard InChI is InChI=1S/C17H23Cl2NO/c1-12-2-4-14(5-3-12)11-20-17(21)9-7-13-6-8-15(18)16(19)10-13/h6,8,10,12,14H,2-5,7,9,11H2,1H3,(H,20,21). The molecule has 1 N–H and O–H groups in total. The van der Waals surface area contributed by atoms with Crippen molar-refractivity contribution >= 4 is 29.1 Å². The maximum atomic E-state index is 11.9. The van der Waals surface area contributed by atoms with Crippen LogP contribution in [0.2, 0.25) is 10.0 Å². The Labute approximate surface area is 137 Å². The molecule has 1 aliphatic carbocycles. The van der Waals surface area contributed by atoms with E-state index in [-0.39, 0.29) is 5.91 Å². The number of carbonyl (C=O) groups is 1. The maximum absolute atomic E-state index is 11.9. The third-order valence-corrected chi connectivity index (χ3v) is 5.09. The minimum absolute atomic E-state index is 0.125. The van der Waals surface area contributed by atoms with Crippen LogP contribution in [0.15, 0.2) is 18.2 Å². The fraction of sp³-hybridized carbons (Fsp3) is 0.588. The Morgan fingerprint density at radius 3 is 2.57 bits per heavy atom. The van der Waals surface area contributed by atoms with Crippen molar-refractivity contribution in [2.75, 3.05) is 6.54 Å². The van der Waals surface area contributed by atoms with Crippen LogP contribution in [0.1, 0.15) is 44.6 Å². The molecular weight excluding hydrogens is 305 g/mol. The lowest BCUT2D eigenvalue weighted by atomic mass is 9.83. The van der Waals surface area contributed by atoms with Crippen molar-refractivity contribution in [1.29, 1.82) is 0 Å². The van der Waals surface area contributed by atoms with Crippen molar-refractivity contribution in [3.8, 4) is 0 Å². The Balaban J connectivity index is 1.68. The molecule has 0 heterocycles. The van der Waals surface area contributed by atoms with Gasteiger partial charge in [0.1, 0.15) is 0 Å².